The van der Waals surface area contributed by atoms with Crippen LogP contribution in [0.1, 0.15) is 97.1 Å². The molecule has 1 amide bonds. The summed E-state index contributed by atoms with van der Waals surface area (Å²) in [5.74, 6) is -0.874. The van der Waals surface area contributed by atoms with Gasteiger partial charge in [-0.05, 0) is 91.3 Å². The number of piperidine rings is 1. The number of pyridine rings is 1. The number of aromatic nitrogens is 1. The highest BCUT2D eigenvalue weighted by atomic mass is 32.2. The predicted octanol–water partition coefficient (Wildman–Crippen LogP) is 6.68. The number of hydrogen-bond acceptors (Lipinski definition) is 7. The predicted molar refractivity (Wildman–Crippen MR) is 144 cm³/mol. The van der Waals surface area contributed by atoms with Gasteiger partial charge in [0.25, 0.3) is 5.91 Å². The van der Waals surface area contributed by atoms with Crippen LogP contribution in [0.15, 0.2) is 24.3 Å². The number of ether oxygens (including phenoxy) is 1. The van der Waals surface area contributed by atoms with Crippen molar-refractivity contribution in [2.45, 2.75) is 83.0 Å². The minimum atomic E-state index is -4.42. The number of alkyl halides is 3. The van der Waals surface area contributed by atoms with Gasteiger partial charge in [0.2, 0.25) is 0 Å². The Kier molecular flexibility index (Phi) is 9.97. The molecule has 1 aromatic carbocycles. The molecule has 1 aliphatic heterocycles. The number of rotatable bonds is 9. The molecule has 1 atom stereocenters. The third-order valence-electron chi connectivity index (χ3n) is 7.09. The van der Waals surface area contributed by atoms with Gasteiger partial charge in [-0.3, -0.25) is 25.3 Å². The SMILES string of the molecule is CC.CSN(O)NC(=O)c1cc(C2CC2)c(OC2CCCN(Cc3cc(C(F)(F)F)cc(C4CC4)n3)C2)cc1F. The standard InChI is InChI=1S/C26H30F4N4O3S.C2H6/c1-38-34(36)32-25(35)21-11-20(15-4-5-15)24(12-22(21)27)37-19-3-2-8-33(14-19)13-18-9-17(26(28,29)30)10-23(31-18)16-6-7-16;1-2/h9-12,15-16,19,36H,2-8,13-14H2,1H3,(H,32,35);1-2H3. The van der Waals surface area contributed by atoms with Gasteiger partial charge < -0.3 is 4.74 Å². The van der Waals surface area contributed by atoms with E-state index in [-0.39, 0.29) is 30.0 Å². The fraction of sp³-hybridized carbons (Fsp3) is 0.571. The zero-order valence-corrected chi connectivity index (χ0v) is 23.7. The second-order valence-corrected chi connectivity index (χ2v) is 10.9. The first-order chi connectivity index (χ1) is 19.1. The van der Waals surface area contributed by atoms with Gasteiger partial charge in [0.15, 0.2) is 0 Å². The summed E-state index contributed by atoms with van der Waals surface area (Å²) >= 11 is 0.856. The van der Waals surface area contributed by atoms with E-state index in [1.165, 1.54) is 18.2 Å². The van der Waals surface area contributed by atoms with E-state index in [0.29, 0.717) is 34.8 Å². The van der Waals surface area contributed by atoms with Gasteiger partial charge in [-0.15, -0.1) is 0 Å². The lowest BCUT2D eigenvalue weighted by atomic mass is 10.0. The molecule has 0 bridgehead atoms. The summed E-state index contributed by atoms with van der Waals surface area (Å²) < 4.78 is 62.1. The fourth-order valence-corrected chi connectivity index (χ4v) is 5.03. The number of hydrogen-bond donors (Lipinski definition) is 2. The molecule has 12 heteroatoms. The van der Waals surface area contributed by atoms with Crippen LogP contribution in [-0.2, 0) is 12.7 Å². The van der Waals surface area contributed by atoms with E-state index in [2.05, 4.69) is 10.4 Å². The van der Waals surface area contributed by atoms with Gasteiger partial charge in [0, 0.05) is 37.0 Å². The number of nitrogens with zero attached hydrogens (tertiary/aromatic N) is 3. The molecule has 3 aliphatic rings. The molecule has 2 aliphatic carbocycles. The Morgan fingerprint density at radius 3 is 2.48 bits per heavy atom. The summed E-state index contributed by atoms with van der Waals surface area (Å²) in [5, 5.41) is 9.53. The van der Waals surface area contributed by atoms with Crippen molar-refractivity contribution >= 4 is 17.9 Å². The van der Waals surface area contributed by atoms with Gasteiger partial charge in [-0.25, -0.2) is 4.39 Å². The highest BCUT2D eigenvalue weighted by molar-refractivity contribution is 7.96. The van der Waals surface area contributed by atoms with Crippen LogP contribution in [0, 0.1) is 5.82 Å². The van der Waals surface area contributed by atoms with Crippen LogP contribution in [-0.4, -0.2) is 51.0 Å². The Hall–Kier alpha value is -2.41. The minimum Gasteiger partial charge on any atom is -0.489 e. The molecular weight excluding hydrogens is 548 g/mol. The Bertz CT molecular complexity index is 1190. The summed E-state index contributed by atoms with van der Waals surface area (Å²) in [6.45, 7) is 5.45. The molecule has 1 saturated heterocycles. The second-order valence-electron chi connectivity index (χ2n) is 10.2. The zero-order valence-electron chi connectivity index (χ0n) is 22.9. The van der Waals surface area contributed by atoms with Gasteiger partial charge in [-0.2, -0.15) is 13.2 Å². The number of carbonyl (C=O) groups excluding carboxylic acids is 1. The molecule has 2 aromatic rings. The summed E-state index contributed by atoms with van der Waals surface area (Å²) in [6.07, 6.45) is 1.88. The summed E-state index contributed by atoms with van der Waals surface area (Å²) in [6, 6.07) is 5.00. The maximum absolute atomic E-state index is 14.9. The lowest BCUT2D eigenvalue weighted by Gasteiger charge is -2.33. The number of nitrogens with one attached hydrogen (secondary N) is 1. The molecule has 220 valence electrons. The largest absolute Gasteiger partial charge is 0.489 e. The van der Waals surface area contributed by atoms with Crippen LogP contribution in [0.5, 0.6) is 5.75 Å². The van der Waals surface area contributed by atoms with Crippen molar-refractivity contribution in [3.05, 3.63) is 58.2 Å². The van der Waals surface area contributed by atoms with Crippen LogP contribution in [0.3, 0.4) is 0 Å². The average Bonchev–Trinajstić information content (AvgIpc) is 3.83. The Morgan fingerprint density at radius 2 is 1.85 bits per heavy atom. The third-order valence-corrected chi connectivity index (χ3v) is 7.53. The number of halogens is 4. The molecule has 40 heavy (non-hydrogen) atoms. The quantitative estimate of drug-likeness (QED) is 0.194. The first-order valence-electron chi connectivity index (χ1n) is 13.8. The molecule has 5 rings (SSSR count). The third kappa shape index (κ3) is 7.86. The number of hydrazine groups is 1. The van der Waals surface area contributed by atoms with E-state index < -0.39 is 23.5 Å². The van der Waals surface area contributed by atoms with Crippen molar-refractivity contribution in [2.75, 3.05) is 19.3 Å². The van der Waals surface area contributed by atoms with E-state index in [4.69, 9.17) is 4.74 Å². The monoisotopic (exact) mass is 584 g/mol. The highest BCUT2D eigenvalue weighted by Gasteiger charge is 2.35. The molecule has 1 aromatic heterocycles. The smallest absolute Gasteiger partial charge is 0.416 e. The van der Waals surface area contributed by atoms with Crippen molar-refractivity contribution in [2.24, 2.45) is 0 Å². The summed E-state index contributed by atoms with van der Waals surface area (Å²) in [7, 11) is 0. The first-order valence-corrected chi connectivity index (χ1v) is 14.9. The first kappa shape index (κ1) is 30.5. The van der Waals surface area contributed by atoms with Crippen LogP contribution in [0.4, 0.5) is 17.6 Å². The molecule has 0 spiro atoms. The van der Waals surface area contributed by atoms with Gasteiger partial charge in [-0.1, -0.05) is 13.8 Å². The maximum atomic E-state index is 14.9. The normalized spacial score (nSPS) is 19.7. The topological polar surface area (TPSA) is 77.9 Å². The lowest BCUT2D eigenvalue weighted by molar-refractivity contribution is -0.137. The highest BCUT2D eigenvalue weighted by Crippen LogP contribution is 2.46. The molecular formula is C28H36F4N4O3S. The van der Waals surface area contributed by atoms with Crippen molar-refractivity contribution in [3.8, 4) is 5.75 Å². The van der Waals surface area contributed by atoms with Crippen LogP contribution < -0.4 is 10.2 Å². The Balaban J connectivity index is 0.00000181. The number of likely N-dealkylation sites (tertiary alicyclic amines) is 1. The molecule has 2 heterocycles. The number of amides is 1. The van der Waals surface area contributed by atoms with Gasteiger partial charge in [0.1, 0.15) is 17.7 Å². The molecule has 1 unspecified atom stereocenters. The number of carbonyl (C=O) groups is 1. The van der Waals surface area contributed by atoms with Crippen LogP contribution in [0.2, 0.25) is 0 Å². The van der Waals surface area contributed by atoms with E-state index in [0.717, 1.165) is 62.1 Å². The van der Waals surface area contributed by atoms with Crippen molar-refractivity contribution in [3.63, 3.8) is 0 Å². The zero-order chi connectivity index (χ0) is 29.0. The molecule has 2 N–H and O–H groups in total. The van der Waals surface area contributed by atoms with E-state index in [9.17, 15) is 27.6 Å². The minimum absolute atomic E-state index is 0.107. The Labute approximate surface area is 236 Å². The average molecular weight is 585 g/mol. The summed E-state index contributed by atoms with van der Waals surface area (Å²) in [4.78, 5) is 19.0. The Morgan fingerprint density at radius 1 is 1.15 bits per heavy atom. The summed E-state index contributed by atoms with van der Waals surface area (Å²) in [5.41, 5.74) is 2.99. The second kappa shape index (κ2) is 13.1. The van der Waals surface area contributed by atoms with E-state index in [1.807, 2.05) is 18.7 Å². The van der Waals surface area contributed by atoms with E-state index >= 15 is 0 Å². The van der Waals surface area contributed by atoms with Gasteiger partial charge in [0.05, 0.1) is 16.8 Å². The van der Waals surface area contributed by atoms with Crippen molar-refractivity contribution in [1.29, 1.82) is 0 Å². The number of benzene rings is 1. The molecule has 0 radical (unpaired) electrons. The van der Waals surface area contributed by atoms with E-state index in [1.54, 1.807) is 6.26 Å². The molecule has 7 nitrogen and oxygen atoms in total. The maximum Gasteiger partial charge on any atom is 0.416 e. The van der Waals surface area contributed by atoms with Gasteiger partial charge >= 0.3 is 6.18 Å². The van der Waals surface area contributed by atoms with Crippen molar-refractivity contribution < 1.29 is 32.3 Å². The van der Waals surface area contributed by atoms with Crippen LogP contribution >= 0.6 is 11.9 Å². The lowest BCUT2D eigenvalue weighted by Crippen LogP contribution is -2.41. The van der Waals surface area contributed by atoms with Crippen LogP contribution in [0.25, 0.3) is 0 Å². The molecule has 2 saturated carbocycles. The van der Waals surface area contributed by atoms with Crippen molar-refractivity contribution in [1.82, 2.24) is 19.9 Å². The fourth-order valence-electron chi connectivity index (χ4n) is 4.86. The molecule has 3 fully saturated rings.